The van der Waals surface area contributed by atoms with E-state index in [1.165, 1.54) is 72.8 Å². The predicted octanol–water partition coefficient (Wildman–Crippen LogP) is 7.13. The van der Waals surface area contributed by atoms with Crippen LogP contribution < -0.4 is 0 Å². The van der Waals surface area contributed by atoms with Gasteiger partial charge in [0.1, 0.15) is 0 Å². The fourth-order valence-electron chi connectivity index (χ4n) is 4.72. The number of fused-ring (bicyclic) bond motifs is 1. The Kier molecular flexibility index (Phi) is 6.73. The molecular weight excluding hydrogens is 391 g/mol. The van der Waals surface area contributed by atoms with Gasteiger partial charge in [-0.05, 0) is 65.5 Å². The Morgan fingerprint density at radius 2 is 1.65 bits per heavy atom. The van der Waals surface area contributed by atoms with Crippen molar-refractivity contribution in [2.75, 3.05) is 0 Å². The van der Waals surface area contributed by atoms with Crippen molar-refractivity contribution in [1.82, 2.24) is 0 Å². The van der Waals surface area contributed by atoms with Crippen LogP contribution in [0.5, 0.6) is 0 Å². The molecule has 0 radical (unpaired) electrons. The molecule has 0 spiro atoms. The zero-order valence-electron chi connectivity index (χ0n) is 16.3. The van der Waals surface area contributed by atoms with Gasteiger partial charge in [0.05, 0.1) is 0 Å². The Morgan fingerprint density at radius 1 is 0.923 bits per heavy atom. The van der Waals surface area contributed by atoms with E-state index in [9.17, 15) is 0 Å². The van der Waals surface area contributed by atoms with Gasteiger partial charge in [0, 0.05) is 26.2 Å². The third-order valence-corrected chi connectivity index (χ3v) is 6.29. The maximum absolute atomic E-state index is 2.53. The molecule has 0 atom stereocenters. The van der Waals surface area contributed by atoms with E-state index in [0.717, 1.165) is 12.3 Å². The van der Waals surface area contributed by atoms with Crippen LogP contribution in [-0.4, -0.2) is 0 Å². The summed E-state index contributed by atoms with van der Waals surface area (Å²) in [5.41, 5.74) is 10.4. The van der Waals surface area contributed by atoms with Crippen molar-refractivity contribution in [3.05, 3.63) is 64.2 Å². The molecule has 0 unspecified atom stereocenters. The van der Waals surface area contributed by atoms with Crippen LogP contribution in [0.1, 0.15) is 67.7 Å². The van der Waals surface area contributed by atoms with Crippen LogP contribution >= 0.6 is 0 Å². The van der Waals surface area contributed by atoms with E-state index < -0.39 is 0 Å². The summed E-state index contributed by atoms with van der Waals surface area (Å²) < 4.78 is 0. The molecular formula is C25H30Zr. The average Bonchev–Trinajstić information content (AvgIpc) is 3.07. The summed E-state index contributed by atoms with van der Waals surface area (Å²) in [6.45, 7) is 4.50. The normalized spacial score (nSPS) is 16.8. The second kappa shape index (κ2) is 8.83. The van der Waals surface area contributed by atoms with Crippen molar-refractivity contribution in [3.8, 4) is 11.1 Å². The molecule has 2 aliphatic rings. The Bertz CT molecular complexity index is 777. The van der Waals surface area contributed by atoms with Crippen molar-refractivity contribution in [2.45, 2.75) is 65.2 Å². The molecule has 134 valence electrons. The summed E-state index contributed by atoms with van der Waals surface area (Å²) in [5, 5.41) is 0. The quantitative estimate of drug-likeness (QED) is 0.492. The molecule has 1 fully saturated rings. The third-order valence-electron chi connectivity index (χ3n) is 6.29. The minimum absolute atomic E-state index is 0. The molecule has 0 aliphatic heterocycles. The maximum Gasteiger partial charge on any atom is 0 e. The number of hydrogen-bond acceptors (Lipinski definition) is 0. The van der Waals surface area contributed by atoms with Crippen LogP contribution in [0.15, 0.2) is 42.0 Å². The Morgan fingerprint density at radius 3 is 2.35 bits per heavy atom. The summed E-state index contributed by atoms with van der Waals surface area (Å²) in [6.07, 6.45) is 13.4. The zero-order chi connectivity index (χ0) is 17.2. The third kappa shape index (κ3) is 4.14. The van der Waals surface area contributed by atoms with Crippen molar-refractivity contribution in [2.24, 2.45) is 5.92 Å². The maximum atomic E-state index is 2.53. The largest absolute Gasteiger partial charge is 0.0649 e. The van der Waals surface area contributed by atoms with Gasteiger partial charge in [-0.25, -0.2) is 0 Å². The molecule has 0 saturated heterocycles. The smallest absolute Gasteiger partial charge is 0 e. The van der Waals surface area contributed by atoms with Crippen LogP contribution in [0, 0.1) is 12.8 Å². The molecule has 1 saturated carbocycles. The van der Waals surface area contributed by atoms with E-state index in [4.69, 9.17) is 0 Å². The monoisotopic (exact) mass is 420 g/mol. The van der Waals surface area contributed by atoms with Crippen molar-refractivity contribution in [3.63, 3.8) is 0 Å². The summed E-state index contributed by atoms with van der Waals surface area (Å²) in [6, 6.07) is 13.8. The SMILES string of the molecule is CCc1ccc(-c2ccc(C)c3c2C=C(CC2CCCCC2)C3)cc1.[Zr]. The van der Waals surface area contributed by atoms with Crippen LogP contribution in [0.2, 0.25) is 0 Å². The molecule has 2 aliphatic carbocycles. The van der Waals surface area contributed by atoms with Crippen LogP contribution in [0.3, 0.4) is 0 Å². The number of rotatable bonds is 4. The van der Waals surface area contributed by atoms with Crippen LogP contribution in [0.4, 0.5) is 0 Å². The first-order valence-corrected chi connectivity index (χ1v) is 10.2. The Hall–Kier alpha value is -0.937. The summed E-state index contributed by atoms with van der Waals surface area (Å²) >= 11 is 0. The first-order valence-electron chi connectivity index (χ1n) is 10.2. The van der Waals surface area contributed by atoms with Crippen LogP contribution in [0.25, 0.3) is 17.2 Å². The number of hydrogen-bond donors (Lipinski definition) is 0. The van der Waals surface area contributed by atoms with Gasteiger partial charge in [-0.2, -0.15) is 0 Å². The van der Waals surface area contributed by atoms with E-state index in [-0.39, 0.29) is 26.2 Å². The first kappa shape index (κ1) is 19.8. The molecule has 2 aromatic rings. The van der Waals surface area contributed by atoms with Crippen molar-refractivity contribution in [1.29, 1.82) is 0 Å². The zero-order valence-corrected chi connectivity index (χ0v) is 18.7. The van der Waals surface area contributed by atoms with Crippen LogP contribution in [-0.2, 0) is 39.0 Å². The van der Waals surface area contributed by atoms with E-state index in [0.29, 0.717) is 0 Å². The number of aryl methyl sites for hydroxylation is 2. The minimum atomic E-state index is 0. The molecule has 26 heavy (non-hydrogen) atoms. The molecule has 0 amide bonds. The van der Waals surface area contributed by atoms with E-state index >= 15 is 0 Å². The molecule has 0 nitrogen and oxygen atoms in total. The second-order valence-electron chi connectivity index (χ2n) is 8.06. The molecule has 1 heteroatoms. The summed E-state index contributed by atoms with van der Waals surface area (Å²) in [5.74, 6) is 0.932. The first-order chi connectivity index (χ1) is 12.2. The molecule has 0 aromatic heterocycles. The molecule has 0 N–H and O–H groups in total. The van der Waals surface area contributed by atoms with Gasteiger partial charge < -0.3 is 0 Å². The predicted molar refractivity (Wildman–Crippen MR) is 109 cm³/mol. The van der Waals surface area contributed by atoms with Gasteiger partial charge in [-0.15, -0.1) is 0 Å². The van der Waals surface area contributed by atoms with Gasteiger partial charge in [-0.1, -0.05) is 87.1 Å². The number of benzene rings is 2. The Labute approximate surface area is 178 Å². The van der Waals surface area contributed by atoms with Gasteiger partial charge in [0.25, 0.3) is 0 Å². The molecule has 0 heterocycles. The van der Waals surface area contributed by atoms with Gasteiger partial charge >= 0.3 is 0 Å². The van der Waals surface area contributed by atoms with Gasteiger partial charge in [-0.3, -0.25) is 0 Å². The van der Waals surface area contributed by atoms with Crippen molar-refractivity contribution < 1.29 is 26.2 Å². The fourth-order valence-corrected chi connectivity index (χ4v) is 4.72. The van der Waals surface area contributed by atoms with E-state index in [1.807, 2.05) is 0 Å². The Balaban J connectivity index is 0.00000196. The topological polar surface area (TPSA) is 0 Å². The standard InChI is InChI=1S/C25H30.Zr/c1-3-19-10-12-22(13-11-19)23-14-9-18(2)24-16-21(17-25(23)24)15-20-7-5-4-6-8-20;/h9-14,17,20H,3-8,15-16H2,1-2H3;. The van der Waals surface area contributed by atoms with Gasteiger partial charge in [0.2, 0.25) is 0 Å². The minimum Gasteiger partial charge on any atom is -0.0649 e. The molecule has 0 bridgehead atoms. The molecule has 4 rings (SSSR count). The van der Waals surface area contributed by atoms with Crippen molar-refractivity contribution >= 4 is 6.08 Å². The average molecular weight is 422 g/mol. The summed E-state index contributed by atoms with van der Waals surface area (Å²) in [7, 11) is 0. The van der Waals surface area contributed by atoms with Gasteiger partial charge in [0.15, 0.2) is 0 Å². The number of allylic oxidation sites excluding steroid dienone is 1. The van der Waals surface area contributed by atoms with E-state index in [2.05, 4.69) is 56.3 Å². The summed E-state index contributed by atoms with van der Waals surface area (Å²) in [4.78, 5) is 0. The fraction of sp³-hybridized carbons (Fsp3) is 0.440. The molecule has 2 aromatic carbocycles. The second-order valence-corrected chi connectivity index (χ2v) is 8.06. The van der Waals surface area contributed by atoms with E-state index in [1.54, 1.807) is 11.1 Å².